The van der Waals surface area contributed by atoms with Gasteiger partial charge in [0, 0.05) is 43.7 Å². The molecule has 1 aliphatic rings. The van der Waals surface area contributed by atoms with Gasteiger partial charge in [-0.25, -0.2) is 0 Å². The highest BCUT2D eigenvalue weighted by atomic mass is 16.1. The Balaban J connectivity index is 1.94. The van der Waals surface area contributed by atoms with E-state index >= 15 is 0 Å². The van der Waals surface area contributed by atoms with Crippen molar-refractivity contribution in [3.05, 3.63) is 36.0 Å². The second-order valence-electron chi connectivity index (χ2n) is 5.75. The lowest BCUT2D eigenvalue weighted by Gasteiger charge is -2.24. The van der Waals surface area contributed by atoms with Crippen LogP contribution in [0.2, 0.25) is 0 Å². The molecular weight excluding hydrogens is 262 g/mol. The first-order valence-electron chi connectivity index (χ1n) is 7.79. The minimum Gasteiger partial charge on any atom is -0.359 e. The summed E-state index contributed by atoms with van der Waals surface area (Å²) in [5.41, 5.74) is 2.61. The summed E-state index contributed by atoms with van der Waals surface area (Å²) < 4.78 is 2.34. The first-order valence-corrected chi connectivity index (χ1v) is 7.79. The number of carbonyl (C=O) groups excluding carboxylic acids is 1. The summed E-state index contributed by atoms with van der Waals surface area (Å²) in [7, 11) is 1.70. The van der Waals surface area contributed by atoms with Crippen LogP contribution in [0.4, 0.5) is 0 Å². The number of fused-ring (bicyclic) bond motifs is 1. The van der Waals surface area contributed by atoms with Gasteiger partial charge in [-0.2, -0.15) is 0 Å². The smallest absolute Gasteiger partial charge is 0.221 e. The average Bonchev–Trinajstić information content (AvgIpc) is 2.92. The molecule has 1 aliphatic heterocycles. The number of rotatable bonds is 4. The van der Waals surface area contributed by atoms with Gasteiger partial charge in [0.05, 0.1) is 0 Å². The number of aryl methyl sites for hydroxylation is 1. The number of benzene rings is 1. The van der Waals surface area contributed by atoms with Crippen molar-refractivity contribution in [2.45, 2.75) is 31.7 Å². The maximum absolute atomic E-state index is 11.6. The minimum absolute atomic E-state index is 0.0977. The van der Waals surface area contributed by atoms with Gasteiger partial charge in [0.15, 0.2) is 0 Å². The molecule has 2 aromatic rings. The third-order valence-corrected chi connectivity index (χ3v) is 4.40. The maximum Gasteiger partial charge on any atom is 0.221 e. The van der Waals surface area contributed by atoms with E-state index in [-0.39, 0.29) is 5.91 Å². The molecule has 21 heavy (non-hydrogen) atoms. The van der Waals surface area contributed by atoms with Gasteiger partial charge < -0.3 is 15.2 Å². The fourth-order valence-corrected chi connectivity index (χ4v) is 3.26. The van der Waals surface area contributed by atoms with Gasteiger partial charge in [-0.05, 0) is 36.9 Å². The minimum atomic E-state index is 0.0977. The number of hydrogen-bond donors (Lipinski definition) is 2. The molecule has 1 fully saturated rings. The van der Waals surface area contributed by atoms with Crippen molar-refractivity contribution >= 4 is 16.8 Å². The molecule has 1 amide bonds. The molecule has 1 unspecified atom stereocenters. The predicted octanol–water partition coefficient (Wildman–Crippen LogP) is 2.24. The summed E-state index contributed by atoms with van der Waals surface area (Å²) >= 11 is 0. The van der Waals surface area contributed by atoms with Crippen LogP contribution in [-0.4, -0.2) is 30.6 Å². The summed E-state index contributed by atoms with van der Waals surface area (Å²) in [5, 5.41) is 7.47. The molecule has 0 saturated carbocycles. The Bertz CT molecular complexity index is 626. The van der Waals surface area contributed by atoms with E-state index in [1.807, 2.05) is 0 Å². The van der Waals surface area contributed by atoms with Gasteiger partial charge in [-0.15, -0.1) is 0 Å². The third kappa shape index (κ3) is 2.95. The van der Waals surface area contributed by atoms with Gasteiger partial charge in [0.25, 0.3) is 0 Å². The lowest BCUT2D eigenvalue weighted by molar-refractivity contribution is -0.120. The lowest BCUT2D eigenvalue weighted by atomic mass is 9.96. The van der Waals surface area contributed by atoms with Crippen LogP contribution in [0.25, 0.3) is 10.9 Å². The normalized spacial score (nSPS) is 18.8. The van der Waals surface area contributed by atoms with E-state index in [1.54, 1.807) is 7.05 Å². The van der Waals surface area contributed by atoms with Crippen LogP contribution < -0.4 is 10.6 Å². The molecule has 2 heterocycles. The first kappa shape index (κ1) is 14.1. The van der Waals surface area contributed by atoms with E-state index < -0.39 is 0 Å². The third-order valence-electron chi connectivity index (χ3n) is 4.40. The number of para-hydroxylation sites is 1. The van der Waals surface area contributed by atoms with Crippen LogP contribution in [0.3, 0.4) is 0 Å². The topological polar surface area (TPSA) is 46.1 Å². The summed E-state index contributed by atoms with van der Waals surface area (Å²) in [6.45, 7) is 2.91. The lowest BCUT2D eigenvalue weighted by Crippen LogP contribution is -2.30. The highest BCUT2D eigenvalue weighted by molar-refractivity contribution is 5.82. The van der Waals surface area contributed by atoms with E-state index in [4.69, 9.17) is 0 Å². The molecule has 1 saturated heterocycles. The molecule has 4 heteroatoms. The van der Waals surface area contributed by atoms with Gasteiger partial charge >= 0.3 is 0 Å². The van der Waals surface area contributed by atoms with Crippen molar-refractivity contribution in [1.29, 1.82) is 0 Å². The monoisotopic (exact) mass is 285 g/mol. The van der Waals surface area contributed by atoms with E-state index in [2.05, 4.69) is 45.5 Å². The quantitative estimate of drug-likeness (QED) is 0.905. The average molecular weight is 285 g/mol. The number of carbonyl (C=O) groups is 1. The van der Waals surface area contributed by atoms with Crippen LogP contribution in [0.15, 0.2) is 30.3 Å². The Hall–Kier alpha value is -1.81. The summed E-state index contributed by atoms with van der Waals surface area (Å²) in [4.78, 5) is 11.6. The molecule has 112 valence electrons. The van der Waals surface area contributed by atoms with Crippen molar-refractivity contribution in [3.8, 4) is 0 Å². The molecule has 0 radical (unpaired) electrons. The molecule has 3 rings (SSSR count). The predicted molar refractivity (Wildman–Crippen MR) is 85.5 cm³/mol. The molecule has 0 spiro atoms. The van der Waals surface area contributed by atoms with Crippen LogP contribution in [0, 0.1) is 0 Å². The van der Waals surface area contributed by atoms with E-state index in [9.17, 15) is 4.79 Å². The fraction of sp³-hybridized carbons (Fsp3) is 0.471. The van der Waals surface area contributed by atoms with Crippen LogP contribution in [0.5, 0.6) is 0 Å². The zero-order valence-corrected chi connectivity index (χ0v) is 12.6. The van der Waals surface area contributed by atoms with Crippen molar-refractivity contribution in [1.82, 2.24) is 15.2 Å². The molecular formula is C17H23N3O. The highest BCUT2D eigenvalue weighted by Gasteiger charge is 2.20. The van der Waals surface area contributed by atoms with Gasteiger partial charge in [0.2, 0.25) is 5.91 Å². The molecule has 4 nitrogen and oxygen atoms in total. The van der Waals surface area contributed by atoms with Gasteiger partial charge in [-0.3, -0.25) is 4.79 Å². The maximum atomic E-state index is 11.6. The van der Waals surface area contributed by atoms with Crippen molar-refractivity contribution < 1.29 is 4.79 Å². The molecule has 1 atom stereocenters. The van der Waals surface area contributed by atoms with Crippen LogP contribution >= 0.6 is 0 Å². The van der Waals surface area contributed by atoms with Crippen molar-refractivity contribution in [3.63, 3.8) is 0 Å². The Morgan fingerprint density at radius 2 is 2.29 bits per heavy atom. The molecule has 0 aliphatic carbocycles. The van der Waals surface area contributed by atoms with Gasteiger partial charge in [-0.1, -0.05) is 18.2 Å². The largest absolute Gasteiger partial charge is 0.359 e. The SMILES string of the molecule is CNC(=O)CCn1c(C2CCCNC2)cc2ccccc21. The summed E-state index contributed by atoms with van der Waals surface area (Å²) in [6, 6.07) is 10.8. The second kappa shape index (κ2) is 6.31. The molecule has 2 N–H and O–H groups in total. The number of amides is 1. The van der Waals surface area contributed by atoms with Crippen molar-refractivity contribution in [2.75, 3.05) is 20.1 Å². The summed E-state index contributed by atoms with van der Waals surface area (Å²) in [6.07, 6.45) is 2.98. The van der Waals surface area contributed by atoms with Gasteiger partial charge in [0.1, 0.15) is 0 Å². The Kier molecular flexibility index (Phi) is 4.25. The Morgan fingerprint density at radius 3 is 3.05 bits per heavy atom. The molecule has 0 bridgehead atoms. The zero-order valence-electron chi connectivity index (χ0n) is 12.6. The molecule has 1 aromatic carbocycles. The number of aromatic nitrogens is 1. The van der Waals surface area contributed by atoms with Crippen LogP contribution in [-0.2, 0) is 11.3 Å². The standard InChI is InChI=1S/C17H23N3O/c1-18-17(21)8-10-20-15-7-3-2-5-13(15)11-16(20)14-6-4-9-19-12-14/h2-3,5,7,11,14,19H,4,6,8-10,12H2,1H3,(H,18,21). The number of piperidine rings is 1. The first-order chi connectivity index (χ1) is 10.3. The summed E-state index contributed by atoms with van der Waals surface area (Å²) in [5.74, 6) is 0.649. The number of nitrogens with zero attached hydrogens (tertiary/aromatic N) is 1. The fourth-order valence-electron chi connectivity index (χ4n) is 3.26. The van der Waals surface area contributed by atoms with Crippen molar-refractivity contribution in [2.24, 2.45) is 0 Å². The second-order valence-corrected chi connectivity index (χ2v) is 5.75. The van der Waals surface area contributed by atoms with E-state index in [0.29, 0.717) is 12.3 Å². The highest BCUT2D eigenvalue weighted by Crippen LogP contribution is 2.29. The van der Waals surface area contributed by atoms with E-state index in [1.165, 1.54) is 29.4 Å². The Morgan fingerprint density at radius 1 is 1.43 bits per heavy atom. The zero-order chi connectivity index (χ0) is 14.7. The van der Waals surface area contributed by atoms with Crippen LogP contribution in [0.1, 0.15) is 30.9 Å². The Labute approximate surface area is 125 Å². The number of nitrogens with one attached hydrogen (secondary N) is 2. The van der Waals surface area contributed by atoms with E-state index in [0.717, 1.165) is 19.6 Å². The number of hydrogen-bond acceptors (Lipinski definition) is 2. The molecule has 1 aromatic heterocycles.